The summed E-state index contributed by atoms with van der Waals surface area (Å²) >= 11 is 1.12. The molecule has 1 aromatic rings. The molecule has 0 spiro atoms. The van der Waals surface area contributed by atoms with Crippen molar-refractivity contribution in [2.75, 3.05) is 33.4 Å². The van der Waals surface area contributed by atoms with E-state index < -0.39 is 5.92 Å². The van der Waals surface area contributed by atoms with Crippen LogP contribution < -0.4 is 4.74 Å². The predicted octanol–water partition coefficient (Wildman–Crippen LogP) is 2.45. The molecule has 0 amide bonds. The van der Waals surface area contributed by atoms with E-state index in [1.807, 2.05) is 0 Å². The van der Waals surface area contributed by atoms with E-state index in [1.54, 1.807) is 0 Å². The minimum Gasteiger partial charge on any atom is -0.473 e. The lowest BCUT2D eigenvalue weighted by Gasteiger charge is -2.34. The zero-order chi connectivity index (χ0) is 15.6. The van der Waals surface area contributed by atoms with Crippen molar-refractivity contribution in [1.29, 1.82) is 0 Å². The first-order valence-corrected chi connectivity index (χ1v) is 8.09. The summed E-state index contributed by atoms with van der Waals surface area (Å²) in [6, 6.07) is 0. The van der Waals surface area contributed by atoms with E-state index in [1.165, 1.54) is 0 Å². The number of aromatic nitrogens is 2. The van der Waals surface area contributed by atoms with E-state index in [-0.39, 0.29) is 25.6 Å². The van der Waals surface area contributed by atoms with Crippen molar-refractivity contribution in [2.24, 2.45) is 0 Å². The first kappa shape index (κ1) is 15.8. The summed E-state index contributed by atoms with van der Waals surface area (Å²) in [5.41, 5.74) is 1.91. The van der Waals surface area contributed by atoms with E-state index >= 15 is 0 Å². The molecule has 2 heterocycles. The van der Waals surface area contributed by atoms with Crippen molar-refractivity contribution in [1.82, 2.24) is 13.6 Å². The maximum atomic E-state index is 12.7. The van der Waals surface area contributed by atoms with Gasteiger partial charge in [-0.15, -0.1) is 4.37 Å². The number of nitrogens with zero attached hydrogens (tertiary/aromatic N) is 3. The molecule has 1 fully saturated rings. The van der Waals surface area contributed by atoms with E-state index in [0.717, 1.165) is 42.5 Å². The van der Waals surface area contributed by atoms with Gasteiger partial charge in [0.05, 0.1) is 24.4 Å². The second-order valence-electron chi connectivity index (χ2n) is 5.78. The van der Waals surface area contributed by atoms with Crippen LogP contribution in [0.3, 0.4) is 0 Å². The van der Waals surface area contributed by atoms with Crippen molar-refractivity contribution in [3.8, 4) is 5.88 Å². The minimum absolute atomic E-state index is 0.185. The number of hydrogen-bond acceptors (Lipinski definition) is 6. The third-order valence-electron chi connectivity index (χ3n) is 3.83. The molecular weight excluding hydrogens is 312 g/mol. The number of rotatable bonds is 6. The quantitative estimate of drug-likeness (QED) is 0.750. The lowest BCUT2D eigenvalue weighted by molar-refractivity contribution is -0.167. The molecule has 0 bridgehead atoms. The van der Waals surface area contributed by atoms with Crippen molar-refractivity contribution in [2.45, 2.75) is 31.3 Å². The van der Waals surface area contributed by atoms with E-state index in [0.29, 0.717) is 12.5 Å². The Kier molecular flexibility index (Phi) is 4.70. The van der Waals surface area contributed by atoms with Gasteiger partial charge in [0.2, 0.25) is 0 Å². The number of halogens is 2. The van der Waals surface area contributed by atoms with Crippen LogP contribution in [0, 0.1) is 0 Å². The highest BCUT2D eigenvalue weighted by Gasteiger charge is 2.45. The summed E-state index contributed by atoms with van der Waals surface area (Å²) in [6.45, 7) is 2.45. The van der Waals surface area contributed by atoms with Crippen LogP contribution in [0.1, 0.15) is 25.0 Å². The van der Waals surface area contributed by atoms with Gasteiger partial charge >= 0.3 is 0 Å². The molecule has 122 valence electrons. The van der Waals surface area contributed by atoms with E-state index in [9.17, 15) is 8.78 Å². The lowest BCUT2D eigenvalue weighted by atomic mass is 9.91. The average molecular weight is 331 g/mol. The predicted molar refractivity (Wildman–Crippen MR) is 79.4 cm³/mol. The lowest BCUT2D eigenvalue weighted by Crippen LogP contribution is -2.41. The third kappa shape index (κ3) is 3.80. The molecule has 22 heavy (non-hydrogen) atoms. The highest BCUT2D eigenvalue weighted by molar-refractivity contribution is 6.99. The molecule has 2 aliphatic rings. The number of alkyl halides is 2. The van der Waals surface area contributed by atoms with Crippen LogP contribution >= 0.6 is 11.7 Å². The molecule has 0 atom stereocenters. The molecule has 3 rings (SSSR count). The molecule has 0 N–H and O–H groups in total. The maximum Gasteiger partial charge on any atom is 0.253 e. The summed E-state index contributed by atoms with van der Waals surface area (Å²) in [6.07, 6.45) is 2.44. The normalized spacial score (nSPS) is 22.2. The Balaban J connectivity index is 1.46. The summed E-state index contributed by atoms with van der Waals surface area (Å²) in [7, 11) is 2.07. The Morgan fingerprint density at radius 2 is 2.18 bits per heavy atom. The second-order valence-corrected chi connectivity index (χ2v) is 6.31. The highest BCUT2D eigenvalue weighted by Crippen LogP contribution is 2.39. The number of hydrogen-bond donors (Lipinski definition) is 0. The van der Waals surface area contributed by atoms with Gasteiger partial charge in [0.15, 0.2) is 0 Å². The van der Waals surface area contributed by atoms with E-state index in [4.69, 9.17) is 9.47 Å². The Morgan fingerprint density at radius 1 is 1.36 bits per heavy atom. The summed E-state index contributed by atoms with van der Waals surface area (Å²) < 4.78 is 44.8. The van der Waals surface area contributed by atoms with Crippen LogP contribution in [-0.4, -0.2) is 59.0 Å². The van der Waals surface area contributed by atoms with Crippen LogP contribution in [0.4, 0.5) is 8.78 Å². The molecule has 0 aromatic carbocycles. The standard InChI is InChI=1S/C14H19F2N3O2S/c1-19-4-2-3-10(9-19)12-13(18-22-17-12)21-6-5-20-11-7-14(15,16)8-11/h3,11H,2,4-9H2,1H3. The smallest absolute Gasteiger partial charge is 0.253 e. The first-order valence-electron chi connectivity index (χ1n) is 7.36. The van der Waals surface area contributed by atoms with Gasteiger partial charge in [0.25, 0.3) is 11.8 Å². The summed E-state index contributed by atoms with van der Waals surface area (Å²) in [5.74, 6) is -2.04. The van der Waals surface area contributed by atoms with Gasteiger partial charge in [-0.25, -0.2) is 8.78 Å². The fraction of sp³-hybridized carbons (Fsp3) is 0.714. The van der Waals surface area contributed by atoms with Crippen molar-refractivity contribution in [3.05, 3.63) is 11.8 Å². The fourth-order valence-corrected chi connectivity index (χ4v) is 3.14. The van der Waals surface area contributed by atoms with Gasteiger partial charge in [0, 0.05) is 25.9 Å². The van der Waals surface area contributed by atoms with Crippen molar-refractivity contribution < 1.29 is 18.3 Å². The van der Waals surface area contributed by atoms with Gasteiger partial charge in [-0.3, -0.25) is 0 Å². The molecule has 0 unspecified atom stereocenters. The maximum absolute atomic E-state index is 12.7. The molecule has 8 heteroatoms. The van der Waals surface area contributed by atoms with Crippen molar-refractivity contribution >= 4 is 17.3 Å². The third-order valence-corrected chi connectivity index (χ3v) is 4.34. The van der Waals surface area contributed by atoms with E-state index in [2.05, 4.69) is 26.8 Å². The Hall–Kier alpha value is -1.12. The SMILES string of the molecule is CN1CCC=C(c2nsnc2OCCOC2CC(F)(F)C2)C1. The van der Waals surface area contributed by atoms with Crippen molar-refractivity contribution in [3.63, 3.8) is 0 Å². The topological polar surface area (TPSA) is 47.5 Å². The summed E-state index contributed by atoms with van der Waals surface area (Å²) in [5, 5.41) is 0. The molecule has 5 nitrogen and oxygen atoms in total. The van der Waals surface area contributed by atoms with Crippen LogP contribution in [0.15, 0.2) is 6.08 Å². The van der Waals surface area contributed by atoms with Gasteiger partial charge < -0.3 is 14.4 Å². The fourth-order valence-electron chi connectivity index (χ4n) is 2.61. The monoisotopic (exact) mass is 331 g/mol. The Bertz CT molecular complexity index is 542. The zero-order valence-corrected chi connectivity index (χ0v) is 13.2. The minimum atomic E-state index is -2.54. The van der Waals surface area contributed by atoms with Crippen LogP contribution in [0.5, 0.6) is 5.88 Å². The molecule has 0 saturated heterocycles. The Labute approximate surface area is 132 Å². The van der Waals surface area contributed by atoms with Gasteiger partial charge in [-0.1, -0.05) is 6.08 Å². The van der Waals surface area contributed by atoms with Crippen LogP contribution in [-0.2, 0) is 4.74 Å². The zero-order valence-electron chi connectivity index (χ0n) is 12.4. The van der Waals surface area contributed by atoms with Gasteiger partial charge in [0.1, 0.15) is 12.3 Å². The Morgan fingerprint density at radius 3 is 2.91 bits per heavy atom. The number of ether oxygens (including phenoxy) is 2. The second kappa shape index (κ2) is 6.55. The molecule has 1 aliphatic heterocycles. The highest BCUT2D eigenvalue weighted by atomic mass is 32.1. The van der Waals surface area contributed by atoms with Crippen LogP contribution in [0.25, 0.3) is 5.57 Å². The molecule has 1 aromatic heterocycles. The molecule has 1 saturated carbocycles. The largest absolute Gasteiger partial charge is 0.473 e. The average Bonchev–Trinajstić information content (AvgIpc) is 2.89. The van der Waals surface area contributed by atoms with Crippen LogP contribution in [0.2, 0.25) is 0 Å². The first-order chi connectivity index (χ1) is 10.5. The van der Waals surface area contributed by atoms with Gasteiger partial charge in [-0.2, -0.15) is 4.37 Å². The number of likely N-dealkylation sites (N-methyl/N-ethyl adjacent to an activating group) is 1. The molecular formula is C14H19F2N3O2S. The van der Waals surface area contributed by atoms with Gasteiger partial charge in [-0.05, 0) is 19.0 Å². The molecule has 0 radical (unpaired) electrons. The summed E-state index contributed by atoms with van der Waals surface area (Å²) in [4.78, 5) is 2.22. The molecule has 1 aliphatic carbocycles.